The van der Waals surface area contributed by atoms with Crippen LogP contribution >= 0.6 is 15.9 Å². The predicted octanol–water partition coefficient (Wildman–Crippen LogP) is 1.50. The second kappa shape index (κ2) is 5.82. The van der Waals surface area contributed by atoms with Crippen LogP contribution in [0.3, 0.4) is 0 Å². The molecule has 0 aromatic rings. The number of esters is 1. The summed E-state index contributed by atoms with van der Waals surface area (Å²) in [6, 6.07) is 0. The van der Waals surface area contributed by atoms with Crippen LogP contribution in [0.15, 0.2) is 12.2 Å². The van der Waals surface area contributed by atoms with Gasteiger partial charge in [-0.15, -0.1) is 0 Å². The lowest BCUT2D eigenvalue weighted by atomic mass is 10.5. The number of hydrogen-bond acceptors (Lipinski definition) is 2. The van der Waals surface area contributed by atoms with Gasteiger partial charge in [0, 0.05) is 11.4 Å². The summed E-state index contributed by atoms with van der Waals surface area (Å²) < 4.78 is 4.66. The Hall–Kier alpha value is -0.310. The van der Waals surface area contributed by atoms with Crippen molar-refractivity contribution in [1.82, 2.24) is 0 Å². The summed E-state index contributed by atoms with van der Waals surface area (Å²) >= 11 is 3.13. The van der Waals surface area contributed by atoms with E-state index in [-0.39, 0.29) is 5.97 Å². The van der Waals surface area contributed by atoms with Crippen molar-refractivity contribution in [3.63, 3.8) is 0 Å². The maximum atomic E-state index is 10.5. The number of carbonyl (C=O) groups is 1. The molecule has 0 saturated heterocycles. The molecule has 0 spiro atoms. The molecule has 0 bridgehead atoms. The zero-order valence-electron chi connectivity index (χ0n) is 5.26. The maximum absolute atomic E-state index is 10.5. The molecule has 0 aromatic carbocycles. The molecular formula is C6H9BrO2. The molecule has 0 aliphatic carbocycles. The number of carbonyl (C=O) groups excluding carboxylic acids is 1. The van der Waals surface area contributed by atoms with E-state index in [1.165, 1.54) is 6.08 Å². The molecule has 0 aliphatic rings. The molecule has 9 heavy (non-hydrogen) atoms. The summed E-state index contributed by atoms with van der Waals surface area (Å²) in [7, 11) is 0. The monoisotopic (exact) mass is 192 g/mol. The number of rotatable bonds is 3. The molecule has 0 atom stereocenters. The third kappa shape index (κ3) is 5.56. The van der Waals surface area contributed by atoms with E-state index in [0.29, 0.717) is 11.9 Å². The third-order valence-corrected chi connectivity index (χ3v) is 0.948. The largest absolute Gasteiger partial charge is 0.462 e. The van der Waals surface area contributed by atoms with Crippen molar-refractivity contribution in [2.45, 2.75) is 6.92 Å². The zero-order valence-corrected chi connectivity index (χ0v) is 6.85. The predicted molar refractivity (Wildman–Crippen MR) is 39.6 cm³/mol. The van der Waals surface area contributed by atoms with Gasteiger partial charge in [-0.05, 0) is 6.92 Å². The van der Waals surface area contributed by atoms with E-state index < -0.39 is 0 Å². The van der Waals surface area contributed by atoms with E-state index >= 15 is 0 Å². The smallest absolute Gasteiger partial charge is 0.330 e. The van der Waals surface area contributed by atoms with Crippen LogP contribution in [0.2, 0.25) is 0 Å². The lowest BCUT2D eigenvalue weighted by molar-refractivity contribution is -0.137. The van der Waals surface area contributed by atoms with Gasteiger partial charge in [0.2, 0.25) is 0 Å². The molecule has 0 aromatic heterocycles. The SMILES string of the molecule is CC=CC(=O)OCCBr. The van der Waals surface area contributed by atoms with Gasteiger partial charge in [0.15, 0.2) is 0 Å². The van der Waals surface area contributed by atoms with Crippen LogP contribution < -0.4 is 0 Å². The number of alkyl halides is 1. The van der Waals surface area contributed by atoms with Crippen molar-refractivity contribution in [3.8, 4) is 0 Å². The van der Waals surface area contributed by atoms with Crippen molar-refractivity contribution < 1.29 is 9.53 Å². The molecule has 52 valence electrons. The first-order valence-corrected chi connectivity index (χ1v) is 3.79. The van der Waals surface area contributed by atoms with Gasteiger partial charge in [-0.2, -0.15) is 0 Å². The van der Waals surface area contributed by atoms with Crippen LogP contribution in [0, 0.1) is 0 Å². The molecule has 3 heteroatoms. The topological polar surface area (TPSA) is 26.3 Å². The van der Waals surface area contributed by atoms with Crippen LogP contribution in [0.25, 0.3) is 0 Å². The quantitative estimate of drug-likeness (QED) is 0.385. The van der Waals surface area contributed by atoms with Crippen molar-refractivity contribution in [3.05, 3.63) is 12.2 Å². The molecule has 0 heterocycles. The fourth-order valence-electron chi connectivity index (χ4n) is 0.323. The summed E-state index contributed by atoms with van der Waals surface area (Å²) in [4.78, 5) is 10.5. The van der Waals surface area contributed by atoms with E-state index in [0.717, 1.165) is 0 Å². The molecule has 0 radical (unpaired) electrons. The summed E-state index contributed by atoms with van der Waals surface area (Å²) in [5, 5.41) is 0.691. The van der Waals surface area contributed by atoms with Crippen LogP contribution in [0.4, 0.5) is 0 Å². The Kier molecular flexibility index (Phi) is 5.62. The molecule has 2 nitrogen and oxygen atoms in total. The maximum Gasteiger partial charge on any atom is 0.330 e. The van der Waals surface area contributed by atoms with Gasteiger partial charge in [0.1, 0.15) is 6.61 Å². The van der Waals surface area contributed by atoms with Gasteiger partial charge >= 0.3 is 5.97 Å². The second-order valence-electron chi connectivity index (χ2n) is 1.36. The Balaban J connectivity index is 3.27. The Morgan fingerprint density at radius 2 is 2.44 bits per heavy atom. The summed E-state index contributed by atoms with van der Waals surface area (Å²) in [5.41, 5.74) is 0. The molecule has 0 amide bonds. The highest BCUT2D eigenvalue weighted by Gasteiger charge is 1.91. The van der Waals surface area contributed by atoms with E-state index in [4.69, 9.17) is 0 Å². The lowest BCUT2D eigenvalue weighted by Gasteiger charge is -1.94. The van der Waals surface area contributed by atoms with E-state index in [9.17, 15) is 4.79 Å². The minimum Gasteiger partial charge on any atom is -0.462 e. The first-order valence-electron chi connectivity index (χ1n) is 2.66. The molecular weight excluding hydrogens is 184 g/mol. The average molecular weight is 193 g/mol. The lowest BCUT2D eigenvalue weighted by Crippen LogP contribution is -2.02. The minimum atomic E-state index is -0.281. The fourth-order valence-corrected chi connectivity index (χ4v) is 0.485. The highest BCUT2D eigenvalue weighted by atomic mass is 79.9. The normalized spacial score (nSPS) is 10.0. The second-order valence-corrected chi connectivity index (χ2v) is 2.15. The fraction of sp³-hybridized carbons (Fsp3) is 0.500. The van der Waals surface area contributed by atoms with Gasteiger partial charge < -0.3 is 4.74 Å². The van der Waals surface area contributed by atoms with E-state index in [2.05, 4.69) is 20.7 Å². The molecule has 0 fully saturated rings. The van der Waals surface area contributed by atoms with Gasteiger partial charge in [-0.1, -0.05) is 22.0 Å². The van der Waals surface area contributed by atoms with Gasteiger partial charge in [0.05, 0.1) is 0 Å². The minimum absolute atomic E-state index is 0.281. The number of halogens is 1. The van der Waals surface area contributed by atoms with Crippen molar-refractivity contribution in [1.29, 1.82) is 0 Å². The molecule has 0 N–H and O–H groups in total. The van der Waals surface area contributed by atoms with Crippen LogP contribution in [-0.4, -0.2) is 17.9 Å². The highest BCUT2D eigenvalue weighted by molar-refractivity contribution is 9.09. The summed E-state index contributed by atoms with van der Waals surface area (Å²) in [5.74, 6) is -0.281. The first kappa shape index (κ1) is 8.69. The van der Waals surface area contributed by atoms with Gasteiger partial charge in [-0.3, -0.25) is 0 Å². The van der Waals surface area contributed by atoms with Crippen molar-refractivity contribution >= 4 is 21.9 Å². The molecule has 0 unspecified atom stereocenters. The Labute approximate surface area is 63.0 Å². The first-order chi connectivity index (χ1) is 4.31. The van der Waals surface area contributed by atoms with Crippen LogP contribution in [0.5, 0.6) is 0 Å². The van der Waals surface area contributed by atoms with Gasteiger partial charge in [-0.25, -0.2) is 4.79 Å². The number of ether oxygens (including phenoxy) is 1. The Bertz CT molecular complexity index is 110. The zero-order chi connectivity index (χ0) is 7.11. The van der Waals surface area contributed by atoms with Crippen LogP contribution in [-0.2, 0) is 9.53 Å². The van der Waals surface area contributed by atoms with Crippen molar-refractivity contribution in [2.24, 2.45) is 0 Å². The molecule has 0 rings (SSSR count). The number of hydrogen-bond donors (Lipinski definition) is 0. The van der Waals surface area contributed by atoms with E-state index in [1.54, 1.807) is 13.0 Å². The summed E-state index contributed by atoms with van der Waals surface area (Å²) in [6.45, 7) is 2.21. The third-order valence-electron chi connectivity index (χ3n) is 0.624. The average Bonchev–Trinajstić information content (AvgIpc) is 1.85. The molecule has 0 aliphatic heterocycles. The summed E-state index contributed by atoms with van der Waals surface area (Å²) in [6.07, 6.45) is 3.04. The van der Waals surface area contributed by atoms with Crippen molar-refractivity contribution in [2.75, 3.05) is 11.9 Å². The standard InChI is InChI=1S/C6H9BrO2/c1-2-3-6(8)9-5-4-7/h2-3H,4-5H2,1H3. The number of allylic oxidation sites excluding steroid dienone is 1. The Morgan fingerprint density at radius 1 is 1.78 bits per heavy atom. The Morgan fingerprint density at radius 3 is 2.89 bits per heavy atom. The highest BCUT2D eigenvalue weighted by Crippen LogP contribution is 1.84. The molecule has 0 saturated carbocycles. The van der Waals surface area contributed by atoms with Crippen LogP contribution in [0.1, 0.15) is 6.92 Å². The van der Waals surface area contributed by atoms with E-state index in [1.807, 2.05) is 0 Å². The van der Waals surface area contributed by atoms with Gasteiger partial charge in [0.25, 0.3) is 0 Å².